The Labute approximate surface area is 96.2 Å². The summed E-state index contributed by atoms with van der Waals surface area (Å²) in [6.45, 7) is 0. The fourth-order valence-corrected chi connectivity index (χ4v) is 2.40. The predicted octanol–water partition coefficient (Wildman–Crippen LogP) is 3.84. The van der Waals surface area contributed by atoms with Crippen molar-refractivity contribution in [3.8, 4) is 0 Å². The molecule has 0 radical (unpaired) electrons. The highest BCUT2D eigenvalue weighted by Gasteiger charge is 2.17. The number of para-hydroxylation sites is 1. The maximum Gasteiger partial charge on any atom is 0.0661 e. The topological polar surface area (TPSA) is 12.4 Å². The number of aliphatic imine (C=N–C) groups is 1. The molecule has 1 heterocycles. The highest BCUT2D eigenvalue weighted by atomic mass is 14.8. The van der Waals surface area contributed by atoms with Crippen molar-refractivity contribution in [2.24, 2.45) is 10.9 Å². The summed E-state index contributed by atoms with van der Waals surface area (Å²) in [5.74, 6) is 0.526. The van der Waals surface area contributed by atoms with E-state index in [1.54, 1.807) is 0 Å². The average Bonchev–Trinajstić information content (AvgIpc) is 2.39. The van der Waals surface area contributed by atoms with Gasteiger partial charge in [-0.2, -0.15) is 0 Å². The van der Waals surface area contributed by atoms with E-state index >= 15 is 0 Å². The zero-order valence-electron chi connectivity index (χ0n) is 9.26. The van der Waals surface area contributed by atoms with Crippen molar-refractivity contribution in [2.75, 3.05) is 0 Å². The monoisotopic (exact) mass is 209 g/mol. The van der Waals surface area contributed by atoms with E-state index in [1.807, 2.05) is 0 Å². The van der Waals surface area contributed by atoms with E-state index in [9.17, 15) is 0 Å². The van der Waals surface area contributed by atoms with Gasteiger partial charge in [-0.25, -0.2) is 0 Å². The van der Waals surface area contributed by atoms with Crippen LogP contribution in [-0.4, -0.2) is 5.71 Å². The smallest absolute Gasteiger partial charge is 0.0661 e. The second-order valence-electron chi connectivity index (χ2n) is 4.39. The number of benzene rings is 1. The average molecular weight is 209 g/mol. The highest BCUT2D eigenvalue weighted by molar-refractivity contribution is 5.92. The maximum absolute atomic E-state index is 4.80. The van der Waals surface area contributed by atoms with E-state index in [4.69, 9.17) is 4.99 Å². The number of fused-ring (bicyclic) bond motifs is 1. The lowest BCUT2D eigenvalue weighted by Crippen LogP contribution is -2.16. The van der Waals surface area contributed by atoms with Crippen LogP contribution in [0.4, 0.5) is 5.69 Å². The minimum absolute atomic E-state index is 0.526. The normalized spacial score (nSPS) is 22.8. The summed E-state index contributed by atoms with van der Waals surface area (Å²) in [5, 5.41) is 0. The predicted molar refractivity (Wildman–Crippen MR) is 68.2 cm³/mol. The zero-order chi connectivity index (χ0) is 10.8. The molecule has 3 rings (SSSR count). The Kier molecular flexibility index (Phi) is 2.45. The van der Waals surface area contributed by atoms with Gasteiger partial charge in [0, 0.05) is 11.6 Å². The Morgan fingerprint density at radius 1 is 1.06 bits per heavy atom. The number of aryl methyl sites for hydroxylation is 1. The molecule has 2 aliphatic rings. The lowest BCUT2D eigenvalue weighted by molar-refractivity contribution is 0.820. The molecule has 0 amide bonds. The molecule has 1 aromatic rings. The summed E-state index contributed by atoms with van der Waals surface area (Å²) in [6.07, 6.45) is 12.1. The molecule has 1 aliphatic carbocycles. The molecule has 1 unspecified atom stereocenters. The van der Waals surface area contributed by atoms with Crippen LogP contribution in [0, 0.1) is 5.92 Å². The molecule has 0 bridgehead atoms. The van der Waals surface area contributed by atoms with Gasteiger partial charge in [0.25, 0.3) is 0 Å². The molecule has 0 aromatic heterocycles. The van der Waals surface area contributed by atoms with Crippen LogP contribution in [0.25, 0.3) is 0 Å². The Balaban J connectivity index is 1.91. The first-order chi connectivity index (χ1) is 7.93. The fourth-order valence-electron chi connectivity index (χ4n) is 2.40. The van der Waals surface area contributed by atoms with Gasteiger partial charge in [-0.15, -0.1) is 0 Å². The van der Waals surface area contributed by atoms with Crippen LogP contribution in [0.3, 0.4) is 0 Å². The quantitative estimate of drug-likeness (QED) is 0.666. The lowest BCUT2D eigenvalue weighted by Gasteiger charge is -2.21. The van der Waals surface area contributed by atoms with Crippen molar-refractivity contribution in [3.05, 3.63) is 54.1 Å². The molecule has 0 N–H and O–H groups in total. The third-order valence-corrected chi connectivity index (χ3v) is 3.31. The second-order valence-corrected chi connectivity index (χ2v) is 4.39. The van der Waals surface area contributed by atoms with Gasteiger partial charge < -0.3 is 0 Å². The van der Waals surface area contributed by atoms with Crippen molar-refractivity contribution in [2.45, 2.75) is 19.3 Å². The molecule has 1 atom stereocenters. The Morgan fingerprint density at radius 2 is 2.00 bits per heavy atom. The summed E-state index contributed by atoms with van der Waals surface area (Å²) in [5.41, 5.74) is 3.91. The van der Waals surface area contributed by atoms with E-state index in [0.29, 0.717) is 5.92 Å². The van der Waals surface area contributed by atoms with Crippen LogP contribution in [0.15, 0.2) is 53.6 Å². The van der Waals surface area contributed by atoms with Crippen molar-refractivity contribution in [3.63, 3.8) is 0 Å². The minimum atomic E-state index is 0.526. The van der Waals surface area contributed by atoms with Gasteiger partial charge in [0.05, 0.1) is 5.69 Å². The summed E-state index contributed by atoms with van der Waals surface area (Å²) in [4.78, 5) is 4.80. The standard InChI is InChI=1S/C15H15N/c1-2-6-12(7-3-1)15-11-10-13-8-4-5-9-14(13)16-15/h1-6,8-9,12H,7,10-11H2. The fraction of sp³-hybridized carbons (Fsp3) is 0.267. The van der Waals surface area contributed by atoms with E-state index < -0.39 is 0 Å². The van der Waals surface area contributed by atoms with E-state index in [1.165, 1.54) is 17.0 Å². The first-order valence-electron chi connectivity index (χ1n) is 5.92. The molecule has 1 nitrogen and oxygen atoms in total. The van der Waals surface area contributed by atoms with Gasteiger partial charge in [-0.05, 0) is 30.9 Å². The number of nitrogens with zero attached hydrogens (tertiary/aromatic N) is 1. The molecule has 80 valence electrons. The van der Waals surface area contributed by atoms with E-state index in [-0.39, 0.29) is 0 Å². The third kappa shape index (κ3) is 1.73. The molecule has 0 fully saturated rings. The molecule has 0 saturated heterocycles. The lowest BCUT2D eigenvalue weighted by atomic mass is 9.89. The number of rotatable bonds is 1. The Bertz CT molecular complexity index is 480. The SMILES string of the molecule is C1=CCC(C2=Nc3ccccc3CC2)C=C1. The summed E-state index contributed by atoms with van der Waals surface area (Å²) < 4.78 is 0. The van der Waals surface area contributed by atoms with Crippen LogP contribution in [0.5, 0.6) is 0 Å². The summed E-state index contributed by atoms with van der Waals surface area (Å²) >= 11 is 0. The van der Waals surface area contributed by atoms with Gasteiger partial charge in [0.15, 0.2) is 0 Å². The third-order valence-electron chi connectivity index (χ3n) is 3.31. The second kappa shape index (κ2) is 4.09. The first kappa shape index (κ1) is 9.59. The van der Waals surface area contributed by atoms with Crippen LogP contribution >= 0.6 is 0 Å². The molecular formula is C15H15N. The summed E-state index contributed by atoms with van der Waals surface area (Å²) in [7, 11) is 0. The molecular weight excluding hydrogens is 194 g/mol. The molecule has 0 saturated carbocycles. The first-order valence-corrected chi connectivity index (χ1v) is 5.92. The van der Waals surface area contributed by atoms with Crippen LogP contribution in [0.2, 0.25) is 0 Å². The summed E-state index contributed by atoms with van der Waals surface area (Å²) in [6, 6.07) is 8.48. The van der Waals surface area contributed by atoms with Gasteiger partial charge in [0.2, 0.25) is 0 Å². The van der Waals surface area contributed by atoms with Crippen molar-refractivity contribution in [1.29, 1.82) is 0 Å². The number of hydrogen-bond acceptors (Lipinski definition) is 1. The van der Waals surface area contributed by atoms with Gasteiger partial charge in [-0.3, -0.25) is 4.99 Å². The van der Waals surface area contributed by atoms with Gasteiger partial charge in [0.1, 0.15) is 0 Å². The molecule has 1 heteroatoms. The van der Waals surface area contributed by atoms with Crippen molar-refractivity contribution >= 4 is 11.4 Å². The maximum atomic E-state index is 4.80. The molecule has 16 heavy (non-hydrogen) atoms. The highest BCUT2D eigenvalue weighted by Crippen LogP contribution is 2.29. The van der Waals surface area contributed by atoms with Crippen LogP contribution in [0.1, 0.15) is 18.4 Å². The Hall–Kier alpha value is -1.63. The van der Waals surface area contributed by atoms with Crippen molar-refractivity contribution in [1.82, 2.24) is 0 Å². The Morgan fingerprint density at radius 3 is 2.88 bits per heavy atom. The molecule has 0 spiro atoms. The van der Waals surface area contributed by atoms with E-state index in [2.05, 4.69) is 48.6 Å². The van der Waals surface area contributed by atoms with E-state index in [0.717, 1.165) is 19.3 Å². The van der Waals surface area contributed by atoms with Crippen LogP contribution in [-0.2, 0) is 6.42 Å². The van der Waals surface area contributed by atoms with Gasteiger partial charge >= 0.3 is 0 Å². The zero-order valence-corrected chi connectivity index (χ0v) is 9.26. The van der Waals surface area contributed by atoms with Gasteiger partial charge in [-0.1, -0.05) is 42.5 Å². The van der Waals surface area contributed by atoms with Crippen LogP contribution < -0.4 is 0 Å². The number of allylic oxidation sites excluding steroid dienone is 4. The molecule has 1 aliphatic heterocycles. The number of hydrogen-bond donors (Lipinski definition) is 0. The molecule has 1 aromatic carbocycles. The minimum Gasteiger partial charge on any atom is -0.257 e. The largest absolute Gasteiger partial charge is 0.257 e. The van der Waals surface area contributed by atoms with Crippen molar-refractivity contribution < 1.29 is 0 Å².